The molecule has 0 radical (unpaired) electrons. The van der Waals surface area contributed by atoms with Gasteiger partial charge >= 0.3 is 0 Å². The summed E-state index contributed by atoms with van der Waals surface area (Å²) in [5.41, 5.74) is 0. The van der Waals surface area contributed by atoms with E-state index in [0.29, 0.717) is 4.77 Å². The van der Waals surface area contributed by atoms with Crippen LogP contribution in [0.2, 0.25) is 0 Å². The van der Waals surface area contributed by atoms with Gasteiger partial charge in [0.1, 0.15) is 10.8 Å². The van der Waals surface area contributed by atoms with E-state index >= 15 is 0 Å². The summed E-state index contributed by atoms with van der Waals surface area (Å²) in [5, 5.41) is 17.1. The first kappa shape index (κ1) is 14.3. The van der Waals surface area contributed by atoms with Crippen LogP contribution in [-0.4, -0.2) is 25.0 Å². The van der Waals surface area contributed by atoms with Gasteiger partial charge in [0.2, 0.25) is 9.90 Å². The number of hydrogen-bond donors (Lipinski definition) is 1. The molecule has 0 saturated carbocycles. The van der Waals surface area contributed by atoms with E-state index in [4.69, 9.17) is 12.2 Å². The lowest BCUT2D eigenvalue weighted by Gasteiger charge is -2.02. The summed E-state index contributed by atoms with van der Waals surface area (Å²) < 4.78 is 2.50. The molecule has 0 atom stereocenters. The Morgan fingerprint density at radius 3 is 2.68 bits per heavy atom. The highest BCUT2D eigenvalue weighted by Gasteiger charge is 2.11. The zero-order chi connectivity index (χ0) is 13.7. The number of aryl methyl sites for hydroxylation is 2. The Kier molecular flexibility index (Phi) is 5.21. The molecule has 2 aromatic rings. The molecular formula is C12H19N5S2. The van der Waals surface area contributed by atoms with Gasteiger partial charge in [-0.25, -0.2) is 4.57 Å². The molecule has 0 amide bonds. The second-order valence-electron chi connectivity index (χ2n) is 4.55. The molecule has 0 bridgehead atoms. The van der Waals surface area contributed by atoms with Gasteiger partial charge in [-0.3, -0.25) is 5.10 Å². The number of nitrogens with one attached hydrogen (secondary N) is 1. The maximum absolute atomic E-state index is 5.27. The van der Waals surface area contributed by atoms with Gasteiger partial charge in [0, 0.05) is 6.42 Å². The van der Waals surface area contributed by atoms with Crippen LogP contribution in [-0.2, 0) is 6.42 Å². The minimum Gasteiger partial charge on any atom is -0.251 e. The van der Waals surface area contributed by atoms with Gasteiger partial charge < -0.3 is 0 Å². The van der Waals surface area contributed by atoms with E-state index in [1.165, 1.54) is 37.0 Å². The van der Waals surface area contributed by atoms with Crippen LogP contribution in [0.1, 0.15) is 49.9 Å². The molecular weight excluding hydrogens is 278 g/mol. The molecule has 0 unspecified atom stereocenters. The molecule has 5 nitrogen and oxygen atoms in total. The predicted octanol–water partition coefficient (Wildman–Crippen LogP) is 3.60. The number of unbranched alkanes of at least 4 members (excludes halogenated alkanes) is 4. The molecule has 0 aliphatic rings. The fraction of sp³-hybridized carbons (Fsp3) is 0.667. The molecule has 7 heteroatoms. The van der Waals surface area contributed by atoms with Crippen molar-refractivity contribution in [2.24, 2.45) is 0 Å². The Morgan fingerprint density at radius 1 is 1.21 bits per heavy atom. The van der Waals surface area contributed by atoms with Crippen molar-refractivity contribution in [1.29, 1.82) is 0 Å². The molecule has 0 spiro atoms. The molecule has 2 aromatic heterocycles. The monoisotopic (exact) mass is 297 g/mol. The second kappa shape index (κ2) is 6.91. The van der Waals surface area contributed by atoms with Crippen molar-refractivity contribution in [3.05, 3.63) is 15.6 Å². The molecule has 0 fully saturated rings. The highest BCUT2D eigenvalue weighted by atomic mass is 32.1. The van der Waals surface area contributed by atoms with Gasteiger partial charge in [0.15, 0.2) is 0 Å². The van der Waals surface area contributed by atoms with E-state index in [2.05, 4.69) is 27.3 Å². The Balaban J connectivity index is 2.04. The van der Waals surface area contributed by atoms with Crippen LogP contribution < -0.4 is 0 Å². The summed E-state index contributed by atoms with van der Waals surface area (Å²) in [6.45, 7) is 4.16. The number of nitrogens with zero attached hydrogens (tertiary/aromatic N) is 4. The minimum atomic E-state index is 0.597. The van der Waals surface area contributed by atoms with Crippen LogP contribution in [0.15, 0.2) is 0 Å². The number of H-pyrrole nitrogens is 1. The van der Waals surface area contributed by atoms with E-state index in [-0.39, 0.29) is 0 Å². The first-order chi connectivity index (χ1) is 9.22. The van der Waals surface area contributed by atoms with Crippen molar-refractivity contribution in [2.75, 3.05) is 0 Å². The van der Waals surface area contributed by atoms with Gasteiger partial charge in [-0.15, -0.1) is 10.2 Å². The highest BCUT2D eigenvalue weighted by Crippen LogP contribution is 2.17. The summed E-state index contributed by atoms with van der Waals surface area (Å²) in [6, 6.07) is 0. The standard InChI is InChI=1S/C12H19N5S2/c1-3-4-5-6-7-8-10-14-15-11(18)17(10)12-16-13-9(2)19-12/h3-8H2,1-2H3,(H,15,18). The van der Waals surface area contributed by atoms with Gasteiger partial charge in [0.25, 0.3) is 0 Å². The van der Waals surface area contributed by atoms with E-state index in [9.17, 15) is 0 Å². The van der Waals surface area contributed by atoms with Crippen molar-refractivity contribution in [2.45, 2.75) is 52.4 Å². The zero-order valence-corrected chi connectivity index (χ0v) is 13.0. The summed E-state index contributed by atoms with van der Waals surface area (Å²) in [4.78, 5) is 0. The van der Waals surface area contributed by atoms with Crippen LogP contribution >= 0.6 is 23.6 Å². The topological polar surface area (TPSA) is 59.4 Å². The molecule has 0 saturated heterocycles. The largest absolute Gasteiger partial charge is 0.251 e. The van der Waals surface area contributed by atoms with Crippen molar-refractivity contribution in [1.82, 2.24) is 25.0 Å². The summed E-state index contributed by atoms with van der Waals surface area (Å²) in [6.07, 6.45) is 7.17. The number of hydrogen-bond acceptors (Lipinski definition) is 5. The van der Waals surface area contributed by atoms with Crippen LogP contribution in [0.3, 0.4) is 0 Å². The average molecular weight is 297 g/mol. The molecule has 1 N–H and O–H groups in total. The van der Waals surface area contributed by atoms with Crippen molar-refractivity contribution in [3.63, 3.8) is 0 Å². The maximum Gasteiger partial charge on any atom is 0.220 e. The number of aromatic amines is 1. The third-order valence-electron chi connectivity index (χ3n) is 2.95. The minimum absolute atomic E-state index is 0.597. The predicted molar refractivity (Wildman–Crippen MR) is 79.4 cm³/mol. The van der Waals surface area contributed by atoms with Gasteiger partial charge in [-0.2, -0.15) is 5.10 Å². The van der Waals surface area contributed by atoms with E-state index < -0.39 is 0 Å². The van der Waals surface area contributed by atoms with E-state index in [1.807, 2.05) is 11.5 Å². The summed E-state index contributed by atoms with van der Waals surface area (Å²) >= 11 is 6.80. The van der Waals surface area contributed by atoms with Gasteiger partial charge in [0.05, 0.1) is 0 Å². The highest BCUT2D eigenvalue weighted by molar-refractivity contribution is 7.71. The lowest BCUT2D eigenvalue weighted by Crippen LogP contribution is -2.01. The molecule has 0 aliphatic carbocycles. The van der Waals surface area contributed by atoms with Gasteiger partial charge in [-0.05, 0) is 25.6 Å². The van der Waals surface area contributed by atoms with Crippen molar-refractivity contribution in [3.8, 4) is 5.13 Å². The van der Waals surface area contributed by atoms with Crippen LogP contribution in [0.5, 0.6) is 0 Å². The second-order valence-corrected chi connectivity index (χ2v) is 6.10. The molecule has 2 rings (SSSR count). The molecule has 0 aromatic carbocycles. The average Bonchev–Trinajstić information content (AvgIpc) is 2.95. The first-order valence-corrected chi connectivity index (χ1v) is 7.91. The molecule has 2 heterocycles. The molecule has 0 aliphatic heterocycles. The fourth-order valence-corrected chi connectivity index (χ4v) is 2.97. The Morgan fingerprint density at radius 2 is 2.00 bits per heavy atom. The molecule has 19 heavy (non-hydrogen) atoms. The van der Waals surface area contributed by atoms with Crippen LogP contribution in [0.25, 0.3) is 5.13 Å². The fourth-order valence-electron chi connectivity index (χ4n) is 1.96. The lowest BCUT2D eigenvalue weighted by molar-refractivity contribution is 0.618. The summed E-state index contributed by atoms with van der Waals surface area (Å²) in [7, 11) is 0. The quantitative estimate of drug-likeness (QED) is 0.626. The third-order valence-corrected chi connectivity index (χ3v) is 4.05. The van der Waals surface area contributed by atoms with Gasteiger partial charge in [-0.1, -0.05) is 43.9 Å². The Hall–Kier alpha value is -1.08. The van der Waals surface area contributed by atoms with Crippen molar-refractivity contribution >= 4 is 23.6 Å². The number of rotatable bonds is 7. The zero-order valence-electron chi connectivity index (χ0n) is 11.3. The molecule has 104 valence electrons. The summed E-state index contributed by atoms with van der Waals surface area (Å²) in [5.74, 6) is 0.956. The number of aromatic nitrogens is 5. The van der Waals surface area contributed by atoms with Crippen LogP contribution in [0.4, 0.5) is 0 Å². The SMILES string of the molecule is CCCCCCCc1n[nH]c(=S)n1-c1nnc(C)s1. The smallest absolute Gasteiger partial charge is 0.220 e. The van der Waals surface area contributed by atoms with E-state index in [1.54, 1.807) is 0 Å². The Labute approximate surface area is 122 Å². The van der Waals surface area contributed by atoms with E-state index in [0.717, 1.165) is 28.8 Å². The first-order valence-electron chi connectivity index (χ1n) is 6.69. The normalized spacial score (nSPS) is 11.1. The lowest BCUT2D eigenvalue weighted by atomic mass is 10.1. The van der Waals surface area contributed by atoms with Crippen molar-refractivity contribution < 1.29 is 0 Å². The Bertz CT molecular complexity index is 569. The maximum atomic E-state index is 5.27. The van der Waals surface area contributed by atoms with Crippen LogP contribution in [0, 0.1) is 11.7 Å². The third kappa shape index (κ3) is 3.70.